The number of amides is 2. The Kier molecular flexibility index (Phi) is 4.49. The van der Waals surface area contributed by atoms with Gasteiger partial charge in [0.15, 0.2) is 0 Å². The molecule has 2 rings (SSSR count). The molecule has 0 spiro atoms. The standard InChI is InChI=1S/C14H27N3O/c1-11-5-8-16(9-6-11)14(18)17-7-3-4-13(10-17)12(2)15/h11-13H,3-10,15H2,1-2H3. The first-order chi connectivity index (χ1) is 8.58. The van der Waals surface area contributed by atoms with E-state index in [9.17, 15) is 4.79 Å². The molecule has 0 saturated carbocycles. The predicted octanol–water partition coefficient (Wildman–Crippen LogP) is 1.90. The minimum Gasteiger partial charge on any atom is -0.328 e. The van der Waals surface area contributed by atoms with Crippen molar-refractivity contribution < 1.29 is 4.79 Å². The molecule has 0 aromatic heterocycles. The van der Waals surface area contributed by atoms with Crippen LogP contribution in [0.1, 0.15) is 39.5 Å². The molecule has 2 unspecified atom stereocenters. The number of rotatable bonds is 1. The van der Waals surface area contributed by atoms with Crippen LogP contribution in [0.3, 0.4) is 0 Å². The Morgan fingerprint density at radius 2 is 1.83 bits per heavy atom. The van der Waals surface area contributed by atoms with E-state index in [0.717, 1.165) is 51.4 Å². The third-order valence-corrected chi connectivity index (χ3v) is 4.53. The van der Waals surface area contributed by atoms with Gasteiger partial charge in [0, 0.05) is 32.2 Å². The lowest BCUT2D eigenvalue weighted by atomic mass is 9.92. The van der Waals surface area contributed by atoms with Crippen molar-refractivity contribution in [1.29, 1.82) is 0 Å². The second-order valence-corrected chi connectivity index (χ2v) is 6.16. The van der Waals surface area contributed by atoms with Crippen molar-refractivity contribution in [3.05, 3.63) is 0 Å². The van der Waals surface area contributed by atoms with E-state index < -0.39 is 0 Å². The average molecular weight is 253 g/mol. The molecule has 2 heterocycles. The van der Waals surface area contributed by atoms with E-state index >= 15 is 0 Å². The number of carbonyl (C=O) groups excluding carboxylic acids is 1. The lowest BCUT2D eigenvalue weighted by Gasteiger charge is -2.39. The fourth-order valence-corrected chi connectivity index (χ4v) is 3.01. The topological polar surface area (TPSA) is 49.6 Å². The van der Waals surface area contributed by atoms with Gasteiger partial charge in [0.25, 0.3) is 0 Å². The smallest absolute Gasteiger partial charge is 0.320 e. The van der Waals surface area contributed by atoms with Gasteiger partial charge in [0.1, 0.15) is 0 Å². The zero-order valence-electron chi connectivity index (χ0n) is 11.8. The second-order valence-electron chi connectivity index (χ2n) is 6.16. The predicted molar refractivity (Wildman–Crippen MR) is 73.3 cm³/mol. The number of carbonyl (C=O) groups is 1. The Balaban J connectivity index is 1.88. The highest BCUT2D eigenvalue weighted by molar-refractivity contribution is 5.74. The van der Waals surface area contributed by atoms with Gasteiger partial charge in [-0.25, -0.2) is 4.79 Å². The highest BCUT2D eigenvalue weighted by Gasteiger charge is 2.29. The van der Waals surface area contributed by atoms with Crippen molar-refractivity contribution in [1.82, 2.24) is 9.80 Å². The first kappa shape index (κ1) is 13.7. The van der Waals surface area contributed by atoms with Crippen LogP contribution in [0, 0.1) is 11.8 Å². The fraction of sp³-hybridized carbons (Fsp3) is 0.929. The molecule has 0 aromatic rings. The van der Waals surface area contributed by atoms with Crippen LogP contribution in [0.4, 0.5) is 4.79 Å². The molecule has 0 aliphatic carbocycles. The van der Waals surface area contributed by atoms with Crippen LogP contribution in [0.5, 0.6) is 0 Å². The largest absolute Gasteiger partial charge is 0.328 e. The highest BCUT2D eigenvalue weighted by Crippen LogP contribution is 2.22. The summed E-state index contributed by atoms with van der Waals surface area (Å²) in [6.45, 7) is 7.95. The van der Waals surface area contributed by atoms with Crippen LogP contribution in [-0.2, 0) is 0 Å². The Hall–Kier alpha value is -0.770. The maximum absolute atomic E-state index is 12.4. The van der Waals surface area contributed by atoms with Crippen molar-refractivity contribution in [2.75, 3.05) is 26.2 Å². The molecule has 0 bridgehead atoms. The van der Waals surface area contributed by atoms with Crippen molar-refractivity contribution in [2.24, 2.45) is 17.6 Å². The highest BCUT2D eigenvalue weighted by atomic mass is 16.2. The summed E-state index contributed by atoms with van der Waals surface area (Å²) in [6, 6.07) is 0.439. The number of nitrogens with two attached hydrogens (primary N) is 1. The second kappa shape index (κ2) is 5.91. The summed E-state index contributed by atoms with van der Waals surface area (Å²) in [5.41, 5.74) is 5.97. The Morgan fingerprint density at radius 3 is 2.44 bits per heavy atom. The average Bonchev–Trinajstić information content (AvgIpc) is 2.39. The van der Waals surface area contributed by atoms with Crippen molar-refractivity contribution in [2.45, 2.75) is 45.6 Å². The van der Waals surface area contributed by atoms with Crippen LogP contribution < -0.4 is 5.73 Å². The summed E-state index contributed by atoms with van der Waals surface area (Å²) in [4.78, 5) is 16.5. The molecule has 104 valence electrons. The lowest BCUT2D eigenvalue weighted by molar-refractivity contribution is 0.111. The van der Waals surface area contributed by atoms with Crippen molar-refractivity contribution in [3.8, 4) is 0 Å². The molecular formula is C14H27N3O. The Labute approximate surface area is 110 Å². The minimum absolute atomic E-state index is 0.196. The molecule has 0 aromatic carbocycles. The van der Waals surface area contributed by atoms with Gasteiger partial charge in [-0.15, -0.1) is 0 Å². The normalized spacial score (nSPS) is 28.3. The van der Waals surface area contributed by atoms with Gasteiger partial charge < -0.3 is 15.5 Å². The maximum atomic E-state index is 12.4. The number of hydrogen-bond donors (Lipinski definition) is 1. The molecule has 2 N–H and O–H groups in total. The summed E-state index contributed by atoms with van der Waals surface area (Å²) in [7, 11) is 0. The Bertz CT molecular complexity index is 285. The maximum Gasteiger partial charge on any atom is 0.320 e. The summed E-state index contributed by atoms with van der Waals surface area (Å²) in [6.07, 6.45) is 4.56. The fourth-order valence-electron chi connectivity index (χ4n) is 3.01. The molecular weight excluding hydrogens is 226 g/mol. The zero-order chi connectivity index (χ0) is 13.1. The van der Waals surface area contributed by atoms with Gasteiger partial charge in [-0.2, -0.15) is 0 Å². The molecule has 4 nitrogen and oxygen atoms in total. The molecule has 0 radical (unpaired) electrons. The van der Waals surface area contributed by atoms with E-state index in [-0.39, 0.29) is 12.1 Å². The molecule has 2 amide bonds. The van der Waals surface area contributed by atoms with E-state index in [1.165, 1.54) is 6.42 Å². The van der Waals surface area contributed by atoms with E-state index in [2.05, 4.69) is 13.8 Å². The molecule has 2 aliphatic rings. The quantitative estimate of drug-likeness (QED) is 0.776. The lowest BCUT2D eigenvalue weighted by Crippen LogP contribution is -2.51. The van der Waals surface area contributed by atoms with Gasteiger partial charge in [-0.3, -0.25) is 0 Å². The van der Waals surface area contributed by atoms with Gasteiger partial charge in [-0.05, 0) is 44.4 Å². The van der Waals surface area contributed by atoms with Crippen LogP contribution in [0.2, 0.25) is 0 Å². The summed E-state index contributed by atoms with van der Waals surface area (Å²) >= 11 is 0. The van der Waals surface area contributed by atoms with Crippen LogP contribution in [0.15, 0.2) is 0 Å². The van der Waals surface area contributed by atoms with Crippen molar-refractivity contribution >= 4 is 6.03 Å². The first-order valence-corrected chi connectivity index (χ1v) is 7.37. The monoisotopic (exact) mass is 253 g/mol. The van der Waals surface area contributed by atoms with E-state index in [0.29, 0.717) is 5.92 Å². The zero-order valence-corrected chi connectivity index (χ0v) is 11.8. The first-order valence-electron chi connectivity index (χ1n) is 7.37. The number of nitrogens with zero attached hydrogens (tertiary/aromatic N) is 2. The molecule has 2 fully saturated rings. The third kappa shape index (κ3) is 3.16. The van der Waals surface area contributed by atoms with Crippen LogP contribution >= 0.6 is 0 Å². The summed E-state index contributed by atoms with van der Waals surface area (Å²) < 4.78 is 0. The third-order valence-electron chi connectivity index (χ3n) is 4.53. The summed E-state index contributed by atoms with van der Waals surface area (Å²) in [5.74, 6) is 1.25. The number of likely N-dealkylation sites (tertiary alicyclic amines) is 2. The van der Waals surface area contributed by atoms with Gasteiger partial charge in [0.2, 0.25) is 0 Å². The van der Waals surface area contributed by atoms with Gasteiger partial charge >= 0.3 is 6.03 Å². The van der Waals surface area contributed by atoms with E-state index in [1.54, 1.807) is 0 Å². The van der Waals surface area contributed by atoms with Gasteiger partial charge in [0.05, 0.1) is 0 Å². The molecule has 2 atom stereocenters. The SMILES string of the molecule is CC1CCN(C(=O)N2CCCC(C(C)N)C2)CC1. The molecule has 2 saturated heterocycles. The summed E-state index contributed by atoms with van der Waals surface area (Å²) in [5, 5.41) is 0. The molecule has 2 aliphatic heterocycles. The van der Waals surface area contributed by atoms with E-state index in [1.807, 2.05) is 9.80 Å². The number of urea groups is 1. The number of piperidine rings is 2. The van der Waals surface area contributed by atoms with Gasteiger partial charge in [-0.1, -0.05) is 6.92 Å². The molecule has 4 heteroatoms. The number of hydrogen-bond acceptors (Lipinski definition) is 2. The van der Waals surface area contributed by atoms with Crippen molar-refractivity contribution in [3.63, 3.8) is 0 Å². The minimum atomic E-state index is 0.196. The molecule has 18 heavy (non-hydrogen) atoms. The van der Waals surface area contributed by atoms with E-state index in [4.69, 9.17) is 5.73 Å². The van der Waals surface area contributed by atoms with Crippen LogP contribution in [-0.4, -0.2) is 48.1 Å². The van der Waals surface area contributed by atoms with Crippen LogP contribution in [0.25, 0.3) is 0 Å². The Morgan fingerprint density at radius 1 is 1.17 bits per heavy atom.